The van der Waals surface area contributed by atoms with Gasteiger partial charge >= 0.3 is 0 Å². The van der Waals surface area contributed by atoms with Crippen LogP contribution in [0.5, 0.6) is 0 Å². The number of carbonyl (C=O) groups excluding carboxylic acids is 2. The SMILES string of the molecule is CC.N#Cc1cnc(NC/C=C/c2ccc3c(c2)NC(=O)C3)c(Cc2ccc(F)cc2)c1.NC=O. The Labute approximate surface area is 204 Å². The minimum absolute atomic E-state index is 0.0216. The number of benzene rings is 2. The van der Waals surface area contributed by atoms with Crippen LogP contribution in [0, 0.1) is 17.1 Å². The van der Waals surface area contributed by atoms with Crippen LogP contribution in [0.2, 0.25) is 0 Å². The number of hydrogen-bond acceptors (Lipinski definition) is 5. The van der Waals surface area contributed by atoms with Gasteiger partial charge in [-0.25, -0.2) is 9.37 Å². The zero-order valence-electron chi connectivity index (χ0n) is 19.7. The highest BCUT2D eigenvalue weighted by Crippen LogP contribution is 2.24. The smallest absolute Gasteiger partial charge is 0.228 e. The number of nitrogens with two attached hydrogens (primary N) is 1. The molecule has 0 radical (unpaired) electrons. The molecule has 2 aromatic carbocycles. The molecule has 2 heterocycles. The Kier molecular flexibility index (Phi) is 10.6. The molecule has 0 atom stereocenters. The van der Waals surface area contributed by atoms with Gasteiger partial charge in [0.25, 0.3) is 0 Å². The van der Waals surface area contributed by atoms with Crippen molar-refractivity contribution in [2.45, 2.75) is 26.7 Å². The summed E-state index contributed by atoms with van der Waals surface area (Å²) in [5, 5.41) is 15.3. The molecule has 0 aliphatic carbocycles. The lowest BCUT2D eigenvalue weighted by Crippen LogP contribution is -2.05. The molecule has 0 fully saturated rings. The number of halogens is 1. The minimum atomic E-state index is -0.280. The van der Waals surface area contributed by atoms with E-state index in [0.29, 0.717) is 30.8 Å². The monoisotopic (exact) mass is 473 g/mol. The third-order valence-electron chi connectivity index (χ3n) is 4.86. The van der Waals surface area contributed by atoms with Crippen molar-refractivity contribution in [3.63, 3.8) is 0 Å². The maximum absolute atomic E-state index is 13.2. The predicted octanol–water partition coefficient (Wildman–Crippen LogP) is 4.43. The fraction of sp³-hybridized carbons (Fsp3) is 0.185. The first-order chi connectivity index (χ1) is 17.0. The van der Waals surface area contributed by atoms with E-state index in [4.69, 9.17) is 4.79 Å². The van der Waals surface area contributed by atoms with Gasteiger partial charge in [0.05, 0.1) is 12.0 Å². The molecule has 0 bridgehead atoms. The number of aromatic nitrogens is 1. The lowest BCUT2D eigenvalue weighted by atomic mass is 10.0. The van der Waals surface area contributed by atoms with Crippen molar-refractivity contribution < 1.29 is 14.0 Å². The predicted molar refractivity (Wildman–Crippen MR) is 136 cm³/mol. The van der Waals surface area contributed by atoms with E-state index in [1.165, 1.54) is 18.3 Å². The van der Waals surface area contributed by atoms with Gasteiger partial charge in [0, 0.05) is 30.4 Å². The van der Waals surface area contributed by atoms with Gasteiger partial charge in [0.1, 0.15) is 17.7 Å². The van der Waals surface area contributed by atoms with Crippen molar-refractivity contribution in [1.82, 2.24) is 4.98 Å². The standard InChI is InChI=1S/C24H19FN4O.C2H6.CH3NO/c25-21-7-4-17(5-8-21)10-20-11-18(14-26)15-28-24(20)27-9-1-2-16-3-6-19-13-23(30)29-22(19)12-16;1-2;2-1-3/h1-8,11-12,15H,9-10,13H2,(H,27,28)(H,29,30);1-2H3;1H,(H2,2,3)/b2-1+;;. The van der Waals surface area contributed by atoms with Crippen LogP contribution < -0.4 is 16.4 Å². The quantitative estimate of drug-likeness (QED) is 0.457. The van der Waals surface area contributed by atoms with Crippen molar-refractivity contribution in [3.8, 4) is 6.07 Å². The van der Waals surface area contributed by atoms with Crippen LogP contribution in [0.3, 0.4) is 0 Å². The van der Waals surface area contributed by atoms with Crippen LogP contribution in [-0.2, 0) is 22.4 Å². The largest absolute Gasteiger partial charge is 0.372 e. The summed E-state index contributed by atoms with van der Waals surface area (Å²) < 4.78 is 13.2. The van der Waals surface area contributed by atoms with E-state index < -0.39 is 0 Å². The number of amides is 2. The normalized spacial score (nSPS) is 11.2. The Morgan fingerprint density at radius 1 is 1.20 bits per heavy atom. The first-order valence-corrected chi connectivity index (χ1v) is 11.1. The molecular weight excluding hydrogens is 445 g/mol. The summed E-state index contributed by atoms with van der Waals surface area (Å²) in [6.07, 6.45) is 6.70. The molecule has 8 heteroatoms. The number of carbonyl (C=O) groups is 2. The number of rotatable bonds is 6. The average molecular weight is 474 g/mol. The van der Waals surface area contributed by atoms with Crippen LogP contribution in [0.1, 0.15) is 41.7 Å². The molecular formula is C27H28FN5O2. The Balaban J connectivity index is 0.000000803. The molecule has 2 amide bonds. The van der Waals surface area contributed by atoms with Crippen LogP contribution in [0.15, 0.2) is 60.8 Å². The van der Waals surface area contributed by atoms with Crippen molar-refractivity contribution in [3.05, 3.63) is 94.4 Å². The molecule has 0 saturated heterocycles. The summed E-state index contributed by atoms with van der Waals surface area (Å²) in [5.74, 6) is 0.426. The fourth-order valence-electron chi connectivity index (χ4n) is 3.37. The van der Waals surface area contributed by atoms with E-state index in [9.17, 15) is 14.4 Å². The number of fused-ring (bicyclic) bond motifs is 1. The number of anilines is 2. The number of nitrogens with one attached hydrogen (secondary N) is 2. The third-order valence-corrected chi connectivity index (χ3v) is 4.86. The van der Waals surface area contributed by atoms with Gasteiger partial charge in [-0.15, -0.1) is 0 Å². The molecule has 180 valence electrons. The van der Waals surface area contributed by atoms with E-state index in [1.807, 2.05) is 44.2 Å². The molecule has 4 N–H and O–H groups in total. The van der Waals surface area contributed by atoms with Gasteiger partial charge in [-0.1, -0.05) is 50.3 Å². The highest BCUT2D eigenvalue weighted by Gasteiger charge is 2.16. The summed E-state index contributed by atoms with van der Waals surface area (Å²) >= 11 is 0. The van der Waals surface area contributed by atoms with Crippen molar-refractivity contribution in [1.29, 1.82) is 5.26 Å². The summed E-state index contributed by atoms with van der Waals surface area (Å²) in [6.45, 7) is 4.54. The molecule has 1 aromatic heterocycles. The minimum Gasteiger partial charge on any atom is -0.372 e. The fourth-order valence-corrected chi connectivity index (χ4v) is 3.37. The second-order valence-electron chi connectivity index (χ2n) is 7.21. The first-order valence-electron chi connectivity index (χ1n) is 11.1. The number of nitrogens with zero attached hydrogens (tertiary/aromatic N) is 2. The highest BCUT2D eigenvalue weighted by atomic mass is 19.1. The molecule has 0 unspecified atom stereocenters. The van der Waals surface area contributed by atoms with E-state index in [0.717, 1.165) is 27.9 Å². The Morgan fingerprint density at radius 3 is 2.60 bits per heavy atom. The van der Waals surface area contributed by atoms with E-state index in [-0.39, 0.29) is 18.1 Å². The van der Waals surface area contributed by atoms with E-state index >= 15 is 0 Å². The maximum atomic E-state index is 13.2. The van der Waals surface area contributed by atoms with Gasteiger partial charge < -0.3 is 16.4 Å². The summed E-state index contributed by atoms with van der Waals surface area (Å²) in [4.78, 5) is 24.4. The lowest BCUT2D eigenvalue weighted by molar-refractivity contribution is -0.115. The van der Waals surface area contributed by atoms with Crippen molar-refractivity contribution in [2.75, 3.05) is 17.2 Å². The van der Waals surface area contributed by atoms with E-state index in [2.05, 4.69) is 27.4 Å². The topological polar surface area (TPSA) is 121 Å². The van der Waals surface area contributed by atoms with Gasteiger partial charge in [0.15, 0.2) is 0 Å². The Bertz CT molecular complexity index is 1220. The Morgan fingerprint density at radius 2 is 1.91 bits per heavy atom. The number of pyridine rings is 1. The second-order valence-corrected chi connectivity index (χ2v) is 7.21. The number of primary amides is 1. The molecule has 1 aliphatic heterocycles. The van der Waals surface area contributed by atoms with Crippen LogP contribution >= 0.6 is 0 Å². The Hall–Kier alpha value is -4.51. The average Bonchev–Trinajstić information content (AvgIpc) is 3.25. The van der Waals surface area contributed by atoms with Gasteiger partial charge in [-0.05, 0) is 41.0 Å². The molecule has 4 rings (SSSR count). The third kappa shape index (κ3) is 8.09. The van der Waals surface area contributed by atoms with Gasteiger partial charge in [-0.3, -0.25) is 9.59 Å². The van der Waals surface area contributed by atoms with Crippen molar-refractivity contribution >= 4 is 29.9 Å². The zero-order chi connectivity index (χ0) is 25.6. The molecule has 35 heavy (non-hydrogen) atoms. The highest BCUT2D eigenvalue weighted by molar-refractivity contribution is 5.99. The molecule has 7 nitrogen and oxygen atoms in total. The number of hydrogen-bond donors (Lipinski definition) is 3. The van der Waals surface area contributed by atoms with Crippen LogP contribution in [0.25, 0.3) is 6.08 Å². The molecule has 1 aliphatic rings. The molecule has 0 saturated carbocycles. The first kappa shape index (κ1) is 26.7. The lowest BCUT2D eigenvalue weighted by Gasteiger charge is -2.10. The van der Waals surface area contributed by atoms with Crippen molar-refractivity contribution in [2.24, 2.45) is 5.73 Å². The summed E-state index contributed by atoms with van der Waals surface area (Å²) in [5.41, 5.74) is 9.33. The molecule has 3 aromatic rings. The maximum Gasteiger partial charge on any atom is 0.228 e. The number of nitriles is 1. The second kappa shape index (κ2) is 13.9. The van der Waals surface area contributed by atoms with E-state index in [1.54, 1.807) is 18.2 Å². The van der Waals surface area contributed by atoms with Gasteiger partial charge in [-0.2, -0.15) is 5.26 Å². The van der Waals surface area contributed by atoms with Crippen LogP contribution in [-0.4, -0.2) is 23.8 Å². The summed E-state index contributed by atoms with van der Waals surface area (Å²) in [6, 6.07) is 16.1. The van der Waals surface area contributed by atoms with Gasteiger partial charge in [0.2, 0.25) is 12.3 Å². The molecule has 0 spiro atoms. The van der Waals surface area contributed by atoms with Crippen LogP contribution in [0.4, 0.5) is 15.9 Å². The zero-order valence-corrected chi connectivity index (χ0v) is 19.7. The summed E-state index contributed by atoms with van der Waals surface area (Å²) in [7, 11) is 0.